The van der Waals surface area contributed by atoms with Crippen LogP contribution in [0.25, 0.3) is 0 Å². The van der Waals surface area contributed by atoms with Crippen LogP contribution in [0.1, 0.15) is 66.2 Å². The van der Waals surface area contributed by atoms with Crippen LogP contribution in [0.15, 0.2) is 18.2 Å². The summed E-state index contributed by atoms with van der Waals surface area (Å²) in [6.45, 7) is 2.20. The molecule has 1 aromatic rings. The molecule has 1 aliphatic rings. The molecule has 22 heavy (non-hydrogen) atoms. The van der Waals surface area contributed by atoms with Crippen LogP contribution in [0.3, 0.4) is 0 Å². The second-order valence-electron chi connectivity index (χ2n) is 6.02. The minimum absolute atomic E-state index is 0.0684. The minimum Gasteiger partial charge on any atom is -0.496 e. The summed E-state index contributed by atoms with van der Waals surface area (Å²) in [6.07, 6.45) is 7.62. The van der Waals surface area contributed by atoms with Crippen molar-refractivity contribution >= 4 is 11.7 Å². The molecule has 0 unspecified atom stereocenters. The highest BCUT2D eigenvalue weighted by Crippen LogP contribution is 2.26. The maximum Gasteiger partial charge on any atom is 0.251 e. The van der Waals surface area contributed by atoms with Gasteiger partial charge in [-0.15, -0.1) is 0 Å². The molecule has 0 radical (unpaired) electrons. The van der Waals surface area contributed by atoms with Gasteiger partial charge in [-0.2, -0.15) is 0 Å². The number of benzene rings is 1. The van der Waals surface area contributed by atoms with Crippen LogP contribution >= 0.6 is 0 Å². The van der Waals surface area contributed by atoms with E-state index in [4.69, 9.17) is 4.74 Å². The van der Waals surface area contributed by atoms with Crippen molar-refractivity contribution < 1.29 is 14.3 Å². The van der Waals surface area contributed by atoms with Crippen molar-refractivity contribution in [1.29, 1.82) is 0 Å². The number of hydrogen-bond acceptors (Lipinski definition) is 3. The van der Waals surface area contributed by atoms with E-state index in [1.807, 2.05) is 0 Å². The highest BCUT2D eigenvalue weighted by Gasteiger charge is 2.15. The summed E-state index contributed by atoms with van der Waals surface area (Å²) in [5.74, 6) is 1.03. The summed E-state index contributed by atoms with van der Waals surface area (Å²) in [5, 5.41) is 2.97. The number of carbonyl (C=O) groups excluding carboxylic acids is 2. The van der Waals surface area contributed by atoms with E-state index in [0.29, 0.717) is 23.4 Å². The summed E-state index contributed by atoms with van der Waals surface area (Å²) in [4.78, 5) is 23.7. The SMILES string of the molecule is COc1cc(C(=O)NCCC2CCCCC2)ccc1C(C)=O. The molecule has 1 aromatic carbocycles. The van der Waals surface area contributed by atoms with Crippen molar-refractivity contribution in [2.45, 2.75) is 45.4 Å². The second-order valence-corrected chi connectivity index (χ2v) is 6.02. The van der Waals surface area contributed by atoms with Crippen molar-refractivity contribution in [3.63, 3.8) is 0 Å². The first-order valence-corrected chi connectivity index (χ1v) is 8.09. The van der Waals surface area contributed by atoms with Gasteiger partial charge in [-0.1, -0.05) is 32.1 Å². The molecule has 4 heteroatoms. The number of carbonyl (C=O) groups is 2. The maximum atomic E-state index is 12.2. The first kappa shape index (κ1) is 16.5. The van der Waals surface area contributed by atoms with Gasteiger partial charge in [0.1, 0.15) is 5.75 Å². The van der Waals surface area contributed by atoms with Crippen LogP contribution in [-0.4, -0.2) is 25.3 Å². The number of Topliss-reactive ketones (excluding diaryl/α,β-unsaturated/α-hetero) is 1. The van der Waals surface area contributed by atoms with Gasteiger partial charge in [-0.05, 0) is 37.5 Å². The van der Waals surface area contributed by atoms with Crippen molar-refractivity contribution in [2.75, 3.05) is 13.7 Å². The molecular formula is C18H25NO3. The second kappa shape index (κ2) is 7.97. The predicted molar refractivity (Wildman–Crippen MR) is 86.5 cm³/mol. The topological polar surface area (TPSA) is 55.4 Å². The third-order valence-electron chi connectivity index (χ3n) is 4.41. The Morgan fingerprint density at radius 3 is 2.59 bits per heavy atom. The fourth-order valence-electron chi connectivity index (χ4n) is 3.09. The molecule has 0 heterocycles. The van der Waals surface area contributed by atoms with Gasteiger partial charge >= 0.3 is 0 Å². The molecule has 0 aromatic heterocycles. The molecule has 0 spiro atoms. The Labute approximate surface area is 132 Å². The molecule has 1 fully saturated rings. The average Bonchev–Trinajstić information content (AvgIpc) is 2.55. The molecule has 0 aliphatic heterocycles. The average molecular weight is 303 g/mol. The Kier molecular flexibility index (Phi) is 5.99. The fraction of sp³-hybridized carbons (Fsp3) is 0.556. The summed E-state index contributed by atoms with van der Waals surface area (Å²) in [6, 6.07) is 4.96. The molecule has 0 atom stereocenters. The summed E-state index contributed by atoms with van der Waals surface area (Å²) in [5.41, 5.74) is 1.03. The Bertz CT molecular complexity index is 533. The van der Waals surface area contributed by atoms with E-state index in [9.17, 15) is 9.59 Å². The molecule has 0 saturated heterocycles. The van der Waals surface area contributed by atoms with Crippen LogP contribution in [0.4, 0.5) is 0 Å². The largest absolute Gasteiger partial charge is 0.496 e. The molecule has 1 amide bonds. The van der Waals surface area contributed by atoms with Crippen LogP contribution in [0.5, 0.6) is 5.75 Å². The lowest BCUT2D eigenvalue weighted by atomic mass is 9.87. The van der Waals surface area contributed by atoms with Gasteiger partial charge in [0.2, 0.25) is 0 Å². The van der Waals surface area contributed by atoms with E-state index in [-0.39, 0.29) is 11.7 Å². The number of nitrogens with one attached hydrogen (secondary N) is 1. The molecule has 120 valence electrons. The number of rotatable bonds is 6. The molecule has 1 saturated carbocycles. The van der Waals surface area contributed by atoms with Crippen LogP contribution in [-0.2, 0) is 0 Å². The van der Waals surface area contributed by atoms with Crippen molar-refractivity contribution in [3.05, 3.63) is 29.3 Å². The van der Waals surface area contributed by atoms with Gasteiger partial charge in [0.05, 0.1) is 12.7 Å². The number of amides is 1. The lowest BCUT2D eigenvalue weighted by Crippen LogP contribution is -2.26. The molecule has 1 N–H and O–H groups in total. The van der Waals surface area contributed by atoms with E-state index in [0.717, 1.165) is 12.3 Å². The molecule has 1 aliphatic carbocycles. The maximum absolute atomic E-state index is 12.2. The van der Waals surface area contributed by atoms with Gasteiger partial charge in [0, 0.05) is 12.1 Å². The highest BCUT2D eigenvalue weighted by molar-refractivity contribution is 6.00. The minimum atomic E-state index is -0.107. The summed E-state index contributed by atoms with van der Waals surface area (Å²) in [7, 11) is 1.51. The Hall–Kier alpha value is -1.84. The van der Waals surface area contributed by atoms with Gasteiger partial charge in [0.25, 0.3) is 5.91 Å². The van der Waals surface area contributed by atoms with Crippen LogP contribution in [0, 0.1) is 5.92 Å². The normalized spacial score (nSPS) is 15.4. The zero-order valence-electron chi connectivity index (χ0n) is 13.5. The van der Waals surface area contributed by atoms with Crippen molar-refractivity contribution in [2.24, 2.45) is 5.92 Å². The molecule has 4 nitrogen and oxygen atoms in total. The lowest BCUT2D eigenvalue weighted by Gasteiger charge is -2.21. The first-order chi connectivity index (χ1) is 10.6. The lowest BCUT2D eigenvalue weighted by molar-refractivity contribution is 0.0947. The van der Waals surface area contributed by atoms with Crippen molar-refractivity contribution in [3.8, 4) is 5.75 Å². The Morgan fingerprint density at radius 2 is 1.95 bits per heavy atom. The highest BCUT2D eigenvalue weighted by atomic mass is 16.5. The first-order valence-electron chi connectivity index (χ1n) is 8.09. The molecular weight excluding hydrogens is 278 g/mol. The number of ketones is 1. The van der Waals surface area contributed by atoms with E-state index < -0.39 is 0 Å². The van der Waals surface area contributed by atoms with E-state index in [1.165, 1.54) is 46.1 Å². The Balaban J connectivity index is 1.90. The zero-order valence-corrected chi connectivity index (χ0v) is 13.5. The zero-order chi connectivity index (χ0) is 15.9. The smallest absolute Gasteiger partial charge is 0.251 e. The summed E-state index contributed by atoms with van der Waals surface area (Å²) < 4.78 is 5.20. The summed E-state index contributed by atoms with van der Waals surface area (Å²) >= 11 is 0. The van der Waals surface area contributed by atoms with Gasteiger partial charge in [-0.3, -0.25) is 9.59 Å². The third kappa shape index (κ3) is 4.33. The molecule has 0 bridgehead atoms. The van der Waals surface area contributed by atoms with E-state index in [1.54, 1.807) is 18.2 Å². The third-order valence-corrected chi connectivity index (χ3v) is 4.41. The quantitative estimate of drug-likeness (QED) is 0.817. The van der Waals surface area contributed by atoms with Gasteiger partial charge in [0.15, 0.2) is 5.78 Å². The Morgan fingerprint density at radius 1 is 1.23 bits per heavy atom. The van der Waals surface area contributed by atoms with E-state index in [2.05, 4.69) is 5.32 Å². The standard InChI is InChI=1S/C18H25NO3/c1-13(20)16-9-8-15(12-17(16)22-2)18(21)19-11-10-14-6-4-3-5-7-14/h8-9,12,14H,3-7,10-11H2,1-2H3,(H,19,21). The number of hydrogen-bond donors (Lipinski definition) is 1. The fourth-order valence-corrected chi connectivity index (χ4v) is 3.09. The van der Waals surface area contributed by atoms with Crippen LogP contribution in [0.2, 0.25) is 0 Å². The molecule has 2 rings (SSSR count). The monoisotopic (exact) mass is 303 g/mol. The predicted octanol–water partition coefficient (Wildman–Crippen LogP) is 3.60. The van der Waals surface area contributed by atoms with Crippen LogP contribution < -0.4 is 10.1 Å². The van der Waals surface area contributed by atoms with Gasteiger partial charge in [-0.25, -0.2) is 0 Å². The number of ether oxygens (including phenoxy) is 1. The van der Waals surface area contributed by atoms with Crippen molar-refractivity contribution in [1.82, 2.24) is 5.32 Å². The van der Waals surface area contributed by atoms with Gasteiger partial charge < -0.3 is 10.1 Å². The van der Waals surface area contributed by atoms with E-state index >= 15 is 0 Å². The number of methoxy groups -OCH3 is 1.